The molecule has 0 saturated heterocycles. The fourth-order valence-electron chi connectivity index (χ4n) is 1.52. The highest BCUT2D eigenvalue weighted by molar-refractivity contribution is 5.11. The summed E-state index contributed by atoms with van der Waals surface area (Å²) < 4.78 is 10.9. The quantitative estimate of drug-likeness (QED) is 0.671. The van der Waals surface area contributed by atoms with E-state index in [4.69, 9.17) is 9.15 Å². The first kappa shape index (κ1) is 14.3. The predicted molar refractivity (Wildman–Crippen MR) is 69.8 cm³/mol. The summed E-state index contributed by atoms with van der Waals surface area (Å²) in [6, 6.07) is 2.07. The van der Waals surface area contributed by atoms with E-state index in [2.05, 4.69) is 32.2 Å². The Morgan fingerprint density at radius 3 is 2.94 bits per heavy atom. The van der Waals surface area contributed by atoms with Gasteiger partial charge in [-0.2, -0.15) is 0 Å². The summed E-state index contributed by atoms with van der Waals surface area (Å²) >= 11 is 0. The third-order valence-electron chi connectivity index (χ3n) is 2.48. The molecule has 0 bridgehead atoms. The zero-order chi connectivity index (χ0) is 12.5. The van der Waals surface area contributed by atoms with Gasteiger partial charge in [0.25, 0.3) is 0 Å². The number of ether oxygens (including phenoxy) is 1. The summed E-state index contributed by atoms with van der Waals surface area (Å²) in [5.74, 6) is 1.60. The molecule has 3 heteroatoms. The summed E-state index contributed by atoms with van der Waals surface area (Å²) in [6.45, 7) is 9.88. The van der Waals surface area contributed by atoms with Gasteiger partial charge in [0.1, 0.15) is 12.4 Å². The molecular weight excluding hydrogens is 214 g/mol. The molecular formula is C14H25NO2. The molecule has 98 valence electrons. The van der Waals surface area contributed by atoms with Crippen LogP contribution in [0.15, 0.2) is 16.7 Å². The Morgan fingerprint density at radius 1 is 1.41 bits per heavy atom. The highest BCUT2D eigenvalue weighted by atomic mass is 16.5. The fourth-order valence-corrected chi connectivity index (χ4v) is 1.52. The average Bonchev–Trinajstić information content (AvgIpc) is 2.72. The van der Waals surface area contributed by atoms with Crippen LogP contribution in [0.3, 0.4) is 0 Å². The normalized spacial score (nSPS) is 11.3. The van der Waals surface area contributed by atoms with Crippen LogP contribution >= 0.6 is 0 Å². The van der Waals surface area contributed by atoms with Crippen LogP contribution in [0.5, 0.6) is 0 Å². The van der Waals surface area contributed by atoms with Crippen LogP contribution in [0.1, 0.15) is 44.9 Å². The molecule has 0 atom stereocenters. The highest BCUT2D eigenvalue weighted by Crippen LogP contribution is 2.09. The van der Waals surface area contributed by atoms with Crippen molar-refractivity contribution in [1.82, 2.24) is 5.32 Å². The van der Waals surface area contributed by atoms with E-state index in [0.717, 1.165) is 31.9 Å². The van der Waals surface area contributed by atoms with Gasteiger partial charge < -0.3 is 14.5 Å². The zero-order valence-electron chi connectivity index (χ0n) is 11.3. The molecule has 0 spiro atoms. The highest BCUT2D eigenvalue weighted by Gasteiger charge is 2.02. The lowest BCUT2D eigenvalue weighted by atomic mass is 10.2. The molecule has 1 N–H and O–H groups in total. The van der Waals surface area contributed by atoms with Gasteiger partial charge in [-0.1, -0.05) is 27.2 Å². The molecule has 3 nitrogen and oxygen atoms in total. The number of nitrogens with one attached hydrogen (secondary N) is 1. The third kappa shape index (κ3) is 6.49. The second-order valence-corrected chi connectivity index (χ2v) is 4.85. The van der Waals surface area contributed by atoms with E-state index in [1.807, 2.05) is 6.26 Å². The Labute approximate surface area is 105 Å². The van der Waals surface area contributed by atoms with Crippen molar-refractivity contribution in [1.29, 1.82) is 0 Å². The number of rotatable bonds is 9. The maximum Gasteiger partial charge on any atom is 0.129 e. The average molecular weight is 239 g/mol. The Morgan fingerprint density at radius 2 is 2.24 bits per heavy atom. The van der Waals surface area contributed by atoms with Gasteiger partial charge in [-0.15, -0.1) is 0 Å². The Balaban J connectivity index is 2.18. The van der Waals surface area contributed by atoms with Gasteiger partial charge in [-0.25, -0.2) is 0 Å². The Bertz CT molecular complexity index is 294. The minimum atomic E-state index is 0.587. The van der Waals surface area contributed by atoms with Crippen molar-refractivity contribution in [3.63, 3.8) is 0 Å². The van der Waals surface area contributed by atoms with Gasteiger partial charge in [-0.3, -0.25) is 0 Å². The van der Waals surface area contributed by atoms with E-state index in [1.165, 1.54) is 12.0 Å². The van der Waals surface area contributed by atoms with Crippen LogP contribution in [-0.4, -0.2) is 13.2 Å². The number of hydrogen-bond donors (Lipinski definition) is 1. The maximum absolute atomic E-state index is 5.50. The minimum absolute atomic E-state index is 0.587. The molecule has 0 fully saturated rings. The number of hydrogen-bond acceptors (Lipinski definition) is 3. The van der Waals surface area contributed by atoms with Crippen molar-refractivity contribution < 1.29 is 9.15 Å². The molecule has 17 heavy (non-hydrogen) atoms. The molecule has 0 aliphatic heterocycles. The zero-order valence-corrected chi connectivity index (χ0v) is 11.3. The summed E-state index contributed by atoms with van der Waals surface area (Å²) in [5, 5.41) is 3.39. The molecule has 1 aromatic rings. The van der Waals surface area contributed by atoms with Crippen LogP contribution < -0.4 is 5.32 Å². The lowest BCUT2D eigenvalue weighted by molar-refractivity contribution is 0.104. The first-order chi connectivity index (χ1) is 8.22. The standard InChI is InChI=1S/C14H25NO2/c1-4-5-6-16-11-14-7-13(10-17-14)9-15-8-12(2)3/h7,10,12,15H,4-6,8-9,11H2,1-3H3. The van der Waals surface area contributed by atoms with Crippen molar-refractivity contribution >= 4 is 0 Å². The SMILES string of the molecule is CCCCOCc1cc(CNCC(C)C)co1. The number of furan rings is 1. The monoisotopic (exact) mass is 239 g/mol. The van der Waals surface area contributed by atoms with Crippen molar-refractivity contribution in [2.75, 3.05) is 13.2 Å². The molecule has 0 amide bonds. The van der Waals surface area contributed by atoms with Gasteiger partial charge in [0.2, 0.25) is 0 Å². The van der Waals surface area contributed by atoms with Gasteiger partial charge in [0.05, 0.1) is 6.26 Å². The van der Waals surface area contributed by atoms with Gasteiger partial charge in [-0.05, 0) is 24.9 Å². The van der Waals surface area contributed by atoms with E-state index in [9.17, 15) is 0 Å². The van der Waals surface area contributed by atoms with Crippen molar-refractivity contribution in [3.05, 3.63) is 23.7 Å². The molecule has 0 aromatic carbocycles. The molecule has 0 aliphatic rings. The maximum atomic E-state index is 5.50. The molecule has 1 rings (SSSR count). The van der Waals surface area contributed by atoms with Gasteiger partial charge in [0, 0.05) is 18.7 Å². The third-order valence-corrected chi connectivity index (χ3v) is 2.48. The van der Waals surface area contributed by atoms with E-state index in [1.54, 1.807) is 0 Å². The Kier molecular flexibility index (Phi) is 6.97. The van der Waals surface area contributed by atoms with Gasteiger partial charge >= 0.3 is 0 Å². The molecule has 0 unspecified atom stereocenters. The van der Waals surface area contributed by atoms with Gasteiger partial charge in [0.15, 0.2) is 0 Å². The summed E-state index contributed by atoms with van der Waals surface area (Å²) in [5.41, 5.74) is 1.19. The fraction of sp³-hybridized carbons (Fsp3) is 0.714. The largest absolute Gasteiger partial charge is 0.467 e. The first-order valence-electron chi connectivity index (χ1n) is 6.57. The Hall–Kier alpha value is -0.800. The second kappa shape index (κ2) is 8.31. The predicted octanol–water partition coefficient (Wildman–Crippen LogP) is 3.34. The lowest BCUT2D eigenvalue weighted by Crippen LogP contribution is -2.18. The number of unbranched alkanes of at least 4 members (excludes halogenated alkanes) is 1. The van der Waals surface area contributed by atoms with E-state index >= 15 is 0 Å². The topological polar surface area (TPSA) is 34.4 Å². The molecule has 1 aromatic heterocycles. The van der Waals surface area contributed by atoms with E-state index < -0.39 is 0 Å². The van der Waals surface area contributed by atoms with Crippen LogP contribution in [-0.2, 0) is 17.9 Å². The molecule has 0 radical (unpaired) electrons. The second-order valence-electron chi connectivity index (χ2n) is 4.85. The first-order valence-corrected chi connectivity index (χ1v) is 6.57. The molecule has 0 aliphatic carbocycles. The molecule has 1 heterocycles. The van der Waals surface area contributed by atoms with Crippen molar-refractivity contribution in [2.24, 2.45) is 5.92 Å². The van der Waals surface area contributed by atoms with Crippen LogP contribution in [0.2, 0.25) is 0 Å². The van der Waals surface area contributed by atoms with Crippen LogP contribution in [0, 0.1) is 5.92 Å². The van der Waals surface area contributed by atoms with Crippen molar-refractivity contribution in [2.45, 2.75) is 46.8 Å². The lowest BCUT2D eigenvalue weighted by Gasteiger charge is -2.04. The smallest absolute Gasteiger partial charge is 0.129 e. The minimum Gasteiger partial charge on any atom is -0.467 e. The summed E-state index contributed by atoms with van der Waals surface area (Å²) in [6.07, 6.45) is 4.10. The summed E-state index contributed by atoms with van der Waals surface area (Å²) in [7, 11) is 0. The van der Waals surface area contributed by atoms with E-state index in [0.29, 0.717) is 12.5 Å². The molecule has 0 saturated carbocycles. The summed E-state index contributed by atoms with van der Waals surface area (Å²) in [4.78, 5) is 0. The van der Waals surface area contributed by atoms with Crippen LogP contribution in [0.25, 0.3) is 0 Å². The van der Waals surface area contributed by atoms with Crippen molar-refractivity contribution in [3.8, 4) is 0 Å². The van der Waals surface area contributed by atoms with E-state index in [-0.39, 0.29) is 0 Å². The van der Waals surface area contributed by atoms with Crippen LogP contribution in [0.4, 0.5) is 0 Å².